The number of carbonyl (C=O) groups is 1. The van der Waals surface area contributed by atoms with Crippen molar-refractivity contribution < 1.29 is 9.32 Å². The smallest absolute Gasteiger partial charge is 0.320 e. The maximum atomic E-state index is 11.9. The van der Waals surface area contributed by atoms with Crippen molar-refractivity contribution in [3.63, 3.8) is 0 Å². The molecule has 1 fully saturated rings. The minimum atomic E-state index is -0.236. The van der Waals surface area contributed by atoms with Gasteiger partial charge < -0.3 is 9.84 Å². The summed E-state index contributed by atoms with van der Waals surface area (Å²) in [6.45, 7) is 4.56. The summed E-state index contributed by atoms with van der Waals surface area (Å²) in [4.78, 5) is 14.3. The summed E-state index contributed by atoms with van der Waals surface area (Å²) in [7, 11) is 0. The minimum absolute atomic E-state index is 0.164. The monoisotopic (exact) mass is 300 g/mol. The minimum Gasteiger partial charge on any atom is -0.360 e. The van der Waals surface area contributed by atoms with Crippen molar-refractivity contribution in [2.45, 2.75) is 25.9 Å². The highest BCUT2D eigenvalue weighted by atomic mass is 16.5. The fourth-order valence-corrected chi connectivity index (χ4v) is 2.70. The Labute approximate surface area is 129 Å². The van der Waals surface area contributed by atoms with Crippen molar-refractivity contribution in [1.82, 2.24) is 15.4 Å². The summed E-state index contributed by atoms with van der Waals surface area (Å²) in [5, 5.41) is 9.40. The first kappa shape index (κ1) is 14.6. The average Bonchev–Trinajstić information content (AvgIpc) is 3.09. The zero-order chi connectivity index (χ0) is 15.4. The molecule has 1 aromatic heterocycles. The van der Waals surface area contributed by atoms with Crippen molar-refractivity contribution in [3.05, 3.63) is 47.7 Å². The number of urea groups is 1. The zero-order valence-electron chi connectivity index (χ0n) is 12.6. The molecule has 6 heteroatoms. The number of aryl methyl sites for hydroxylation is 1. The van der Waals surface area contributed by atoms with Crippen LogP contribution in [0.15, 0.2) is 40.9 Å². The Hall–Kier alpha value is -2.34. The van der Waals surface area contributed by atoms with Gasteiger partial charge in [-0.1, -0.05) is 35.5 Å². The molecule has 2 heterocycles. The fraction of sp³-hybridized carbons (Fsp3) is 0.375. The molecule has 1 saturated heterocycles. The van der Waals surface area contributed by atoms with Crippen molar-refractivity contribution in [2.24, 2.45) is 0 Å². The van der Waals surface area contributed by atoms with Crippen LogP contribution in [0.25, 0.3) is 0 Å². The van der Waals surface area contributed by atoms with E-state index in [0.29, 0.717) is 11.6 Å². The number of likely N-dealkylation sites (tertiary alicyclic amines) is 1. The fourth-order valence-electron chi connectivity index (χ4n) is 2.70. The Morgan fingerprint density at radius 3 is 2.95 bits per heavy atom. The van der Waals surface area contributed by atoms with Gasteiger partial charge in [-0.3, -0.25) is 10.2 Å². The lowest BCUT2D eigenvalue weighted by Crippen LogP contribution is -2.39. The van der Waals surface area contributed by atoms with Gasteiger partial charge >= 0.3 is 6.03 Å². The molecule has 0 radical (unpaired) electrons. The number of benzene rings is 1. The molecule has 3 rings (SSSR count). The van der Waals surface area contributed by atoms with Crippen LogP contribution < -0.4 is 10.6 Å². The summed E-state index contributed by atoms with van der Waals surface area (Å²) in [6.07, 6.45) is 0.956. The van der Waals surface area contributed by atoms with Gasteiger partial charge in [0.2, 0.25) is 0 Å². The summed E-state index contributed by atoms with van der Waals surface area (Å²) >= 11 is 0. The number of amides is 2. The molecular formula is C16H20N4O2. The molecule has 2 amide bonds. The molecule has 2 N–H and O–H groups in total. The van der Waals surface area contributed by atoms with E-state index in [1.54, 1.807) is 13.0 Å². The van der Waals surface area contributed by atoms with Crippen molar-refractivity contribution in [3.8, 4) is 0 Å². The molecule has 1 aliphatic heterocycles. The van der Waals surface area contributed by atoms with Crippen LogP contribution in [0.1, 0.15) is 17.7 Å². The van der Waals surface area contributed by atoms with Crippen LogP contribution in [0.2, 0.25) is 0 Å². The molecule has 116 valence electrons. The van der Waals surface area contributed by atoms with Gasteiger partial charge in [-0.15, -0.1) is 0 Å². The van der Waals surface area contributed by atoms with Gasteiger partial charge in [0.1, 0.15) is 5.76 Å². The van der Waals surface area contributed by atoms with Crippen molar-refractivity contribution >= 4 is 11.8 Å². The highest BCUT2D eigenvalue weighted by Gasteiger charge is 2.24. The Morgan fingerprint density at radius 1 is 1.41 bits per heavy atom. The molecule has 0 aliphatic carbocycles. The van der Waals surface area contributed by atoms with Gasteiger partial charge in [0.05, 0.1) is 0 Å². The topological polar surface area (TPSA) is 70.4 Å². The van der Waals surface area contributed by atoms with E-state index in [9.17, 15) is 4.79 Å². The standard InChI is InChI=1S/C16H20N4O2/c1-12-9-15(19-22-12)18-16(21)17-14-7-8-20(11-14)10-13-5-3-2-4-6-13/h2-6,9,14H,7-8,10-11H2,1H3,(H2,17,18,19,21)/t14-/m0/s1. The third-order valence-electron chi connectivity index (χ3n) is 3.73. The molecule has 1 aromatic carbocycles. The Kier molecular flexibility index (Phi) is 4.39. The van der Waals surface area contributed by atoms with Crippen LogP contribution in [0, 0.1) is 6.92 Å². The molecule has 1 atom stereocenters. The second-order valence-electron chi connectivity index (χ2n) is 5.63. The zero-order valence-corrected chi connectivity index (χ0v) is 12.6. The summed E-state index contributed by atoms with van der Waals surface area (Å²) in [5.41, 5.74) is 1.30. The number of nitrogens with zero attached hydrogens (tertiary/aromatic N) is 2. The molecule has 1 aliphatic rings. The molecule has 0 bridgehead atoms. The van der Waals surface area contributed by atoms with E-state index in [0.717, 1.165) is 26.1 Å². The maximum Gasteiger partial charge on any atom is 0.320 e. The third-order valence-corrected chi connectivity index (χ3v) is 3.73. The van der Waals surface area contributed by atoms with Crippen molar-refractivity contribution in [1.29, 1.82) is 0 Å². The molecule has 0 spiro atoms. The number of nitrogens with one attached hydrogen (secondary N) is 2. The van der Waals surface area contributed by atoms with E-state index >= 15 is 0 Å². The Morgan fingerprint density at radius 2 is 2.23 bits per heavy atom. The van der Waals surface area contributed by atoms with Crippen molar-refractivity contribution in [2.75, 3.05) is 18.4 Å². The second-order valence-corrected chi connectivity index (χ2v) is 5.63. The lowest BCUT2D eigenvalue weighted by atomic mass is 10.2. The van der Waals surface area contributed by atoms with Crippen LogP contribution >= 0.6 is 0 Å². The van der Waals surface area contributed by atoms with Gasteiger partial charge in [-0.25, -0.2) is 4.79 Å². The van der Waals surface area contributed by atoms with E-state index in [-0.39, 0.29) is 12.1 Å². The average molecular weight is 300 g/mol. The molecule has 0 saturated carbocycles. The van der Waals surface area contributed by atoms with E-state index in [2.05, 4.69) is 45.0 Å². The number of hydrogen-bond acceptors (Lipinski definition) is 4. The number of anilines is 1. The largest absolute Gasteiger partial charge is 0.360 e. The molecule has 0 unspecified atom stereocenters. The van der Waals surface area contributed by atoms with Crippen LogP contribution in [0.3, 0.4) is 0 Å². The highest BCUT2D eigenvalue weighted by Crippen LogP contribution is 2.14. The first-order valence-corrected chi connectivity index (χ1v) is 7.46. The highest BCUT2D eigenvalue weighted by molar-refractivity contribution is 5.88. The third kappa shape index (κ3) is 3.85. The summed E-state index contributed by atoms with van der Waals surface area (Å²) in [6, 6.07) is 12.0. The number of hydrogen-bond donors (Lipinski definition) is 2. The van der Waals surface area contributed by atoms with E-state index in [4.69, 9.17) is 4.52 Å². The van der Waals surface area contributed by atoms with E-state index < -0.39 is 0 Å². The van der Waals surface area contributed by atoms with Crippen LogP contribution in [0.4, 0.5) is 10.6 Å². The molecule has 6 nitrogen and oxygen atoms in total. The molecule has 2 aromatic rings. The van der Waals surface area contributed by atoms with Gasteiger partial charge in [-0.2, -0.15) is 0 Å². The van der Waals surface area contributed by atoms with Crippen LogP contribution in [0.5, 0.6) is 0 Å². The van der Waals surface area contributed by atoms with E-state index in [1.165, 1.54) is 5.56 Å². The second kappa shape index (κ2) is 6.62. The summed E-state index contributed by atoms with van der Waals surface area (Å²) in [5.74, 6) is 1.11. The van der Waals surface area contributed by atoms with Gasteiger partial charge in [0.25, 0.3) is 0 Å². The number of carbonyl (C=O) groups excluding carboxylic acids is 1. The Balaban J connectivity index is 1.45. The summed E-state index contributed by atoms with van der Waals surface area (Å²) < 4.78 is 4.92. The SMILES string of the molecule is Cc1cc(NC(=O)N[C@H]2CCN(Cc3ccccc3)C2)no1. The number of aromatic nitrogens is 1. The maximum absolute atomic E-state index is 11.9. The first-order chi connectivity index (χ1) is 10.7. The lowest BCUT2D eigenvalue weighted by molar-refractivity contribution is 0.247. The van der Waals surface area contributed by atoms with Gasteiger partial charge in [0.15, 0.2) is 5.82 Å². The van der Waals surface area contributed by atoms with Gasteiger partial charge in [-0.05, 0) is 18.9 Å². The predicted octanol–water partition coefficient (Wildman–Crippen LogP) is 2.38. The normalized spacial score (nSPS) is 18.3. The number of rotatable bonds is 4. The van der Waals surface area contributed by atoms with Crippen LogP contribution in [-0.4, -0.2) is 35.2 Å². The molecular weight excluding hydrogens is 280 g/mol. The Bertz CT molecular complexity index is 626. The molecule has 22 heavy (non-hydrogen) atoms. The van der Waals surface area contributed by atoms with Crippen LogP contribution in [-0.2, 0) is 6.54 Å². The first-order valence-electron chi connectivity index (χ1n) is 7.46. The van der Waals surface area contributed by atoms with Gasteiger partial charge in [0, 0.05) is 31.7 Å². The quantitative estimate of drug-likeness (QED) is 0.909. The van der Waals surface area contributed by atoms with E-state index in [1.807, 2.05) is 6.07 Å². The lowest BCUT2D eigenvalue weighted by Gasteiger charge is -2.16. The predicted molar refractivity (Wildman–Crippen MR) is 83.5 cm³/mol.